The Labute approximate surface area is 136 Å². The lowest BCUT2D eigenvalue weighted by atomic mass is 10.1. The van der Waals surface area contributed by atoms with Crippen LogP contribution < -0.4 is 10.0 Å². The fraction of sp³-hybridized carbons (Fsp3) is 0.235. The van der Waals surface area contributed by atoms with Crippen LogP contribution in [-0.4, -0.2) is 20.9 Å². The smallest absolute Gasteiger partial charge is 0.239 e. The van der Waals surface area contributed by atoms with Crippen molar-refractivity contribution in [2.24, 2.45) is 0 Å². The van der Waals surface area contributed by atoms with Gasteiger partial charge in [-0.25, -0.2) is 13.1 Å². The first-order valence-electron chi connectivity index (χ1n) is 7.39. The van der Waals surface area contributed by atoms with E-state index in [2.05, 4.69) is 10.0 Å². The zero-order valence-electron chi connectivity index (χ0n) is 13.0. The first kappa shape index (κ1) is 17.2. The van der Waals surface area contributed by atoms with Gasteiger partial charge in [-0.1, -0.05) is 55.5 Å². The zero-order valence-corrected chi connectivity index (χ0v) is 13.8. The summed E-state index contributed by atoms with van der Waals surface area (Å²) in [6.45, 7) is 1.71. The summed E-state index contributed by atoms with van der Waals surface area (Å²) in [6.07, 6.45) is 0.788. The molecule has 0 aliphatic rings. The molecule has 0 spiro atoms. The molecule has 2 N–H and O–H groups in total. The number of hydrogen-bond acceptors (Lipinski definition) is 3. The third kappa shape index (κ3) is 5.50. The number of para-hydroxylation sites is 1. The highest BCUT2D eigenvalue weighted by Gasteiger charge is 2.14. The molecule has 2 aromatic rings. The second kappa shape index (κ2) is 7.89. The fourth-order valence-corrected chi connectivity index (χ4v) is 3.25. The van der Waals surface area contributed by atoms with Gasteiger partial charge in [0, 0.05) is 5.69 Å². The van der Waals surface area contributed by atoms with Gasteiger partial charge in [0.25, 0.3) is 0 Å². The quantitative estimate of drug-likeness (QED) is 0.817. The average Bonchev–Trinajstić information content (AvgIpc) is 2.54. The largest absolute Gasteiger partial charge is 0.325 e. The Morgan fingerprint density at radius 3 is 2.35 bits per heavy atom. The summed E-state index contributed by atoms with van der Waals surface area (Å²) < 4.78 is 26.3. The molecular weight excluding hydrogens is 312 g/mol. The van der Waals surface area contributed by atoms with Gasteiger partial charge in [-0.05, 0) is 23.6 Å². The Hall–Kier alpha value is -2.18. The molecule has 1 amide bonds. The van der Waals surface area contributed by atoms with Crippen molar-refractivity contribution >= 4 is 21.6 Å². The molecule has 0 saturated heterocycles. The molecule has 5 nitrogen and oxygen atoms in total. The van der Waals surface area contributed by atoms with Crippen molar-refractivity contribution in [2.45, 2.75) is 19.1 Å². The number of carbonyl (C=O) groups is 1. The number of carbonyl (C=O) groups excluding carboxylic acids is 1. The van der Waals surface area contributed by atoms with Crippen molar-refractivity contribution in [1.82, 2.24) is 4.72 Å². The molecule has 0 aromatic heterocycles. The van der Waals surface area contributed by atoms with Crippen molar-refractivity contribution < 1.29 is 13.2 Å². The molecule has 0 aliphatic carbocycles. The number of aryl methyl sites for hydroxylation is 1. The molecule has 0 heterocycles. The second-order valence-corrected chi connectivity index (χ2v) is 6.93. The van der Waals surface area contributed by atoms with E-state index in [0.29, 0.717) is 11.3 Å². The zero-order chi connectivity index (χ0) is 16.7. The molecule has 0 atom stereocenters. The Bertz CT molecular complexity index is 758. The number of rotatable bonds is 7. The van der Waals surface area contributed by atoms with Gasteiger partial charge in [-0.15, -0.1) is 0 Å². The number of benzene rings is 2. The maximum Gasteiger partial charge on any atom is 0.239 e. The Morgan fingerprint density at radius 1 is 1.00 bits per heavy atom. The first-order chi connectivity index (χ1) is 11.0. The van der Waals surface area contributed by atoms with Gasteiger partial charge >= 0.3 is 0 Å². The van der Waals surface area contributed by atoms with Crippen LogP contribution in [0, 0.1) is 0 Å². The monoisotopic (exact) mass is 332 g/mol. The Morgan fingerprint density at radius 2 is 1.65 bits per heavy atom. The third-order valence-corrected chi connectivity index (χ3v) is 4.62. The molecule has 23 heavy (non-hydrogen) atoms. The molecular formula is C17H20N2O3S. The Balaban J connectivity index is 1.91. The van der Waals surface area contributed by atoms with Crippen LogP contribution >= 0.6 is 0 Å². The van der Waals surface area contributed by atoms with E-state index in [4.69, 9.17) is 0 Å². The number of anilines is 1. The van der Waals surface area contributed by atoms with Crippen LogP contribution in [0.4, 0.5) is 5.69 Å². The maximum atomic E-state index is 12.0. The summed E-state index contributed by atoms with van der Waals surface area (Å²) in [7, 11) is -3.55. The lowest BCUT2D eigenvalue weighted by Crippen LogP contribution is -2.33. The van der Waals surface area contributed by atoms with Crippen molar-refractivity contribution in [2.75, 3.05) is 11.9 Å². The summed E-state index contributed by atoms with van der Waals surface area (Å²) >= 11 is 0. The molecule has 0 aliphatic heterocycles. The molecule has 0 radical (unpaired) electrons. The standard InChI is InChI=1S/C17H20N2O3S/c1-2-15-10-6-7-11-16(15)19-17(20)12-18-23(21,22)13-14-8-4-3-5-9-14/h3-11,18H,2,12-13H2,1H3,(H,19,20). The fourth-order valence-electron chi connectivity index (χ4n) is 2.17. The van der Waals surface area contributed by atoms with Crippen LogP contribution in [0.3, 0.4) is 0 Å². The minimum absolute atomic E-state index is 0.146. The van der Waals surface area contributed by atoms with Gasteiger partial charge in [0.2, 0.25) is 15.9 Å². The van der Waals surface area contributed by atoms with Gasteiger partial charge in [-0.3, -0.25) is 4.79 Å². The van der Waals surface area contributed by atoms with E-state index in [-0.39, 0.29) is 18.2 Å². The Kier molecular flexibility index (Phi) is 5.90. The van der Waals surface area contributed by atoms with Crippen LogP contribution in [0.5, 0.6) is 0 Å². The molecule has 6 heteroatoms. The number of sulfonamides is 1. The van der Waals surface area contributed by atoms with Crippen molar-refractivity contribution in [3.05, 3.63) is 65.7 Å². The molecule has 2 aromatic carbocycles. The van der Waals surface area contributed by atoms with E-state index in [1.54, 1.807) is 30.3 Å². The topological polar surface area (TPSA) is 75.3 Å². The number of nitrogens with one attached hydrogen (secondary N) is 2. The predicted octanol–water partition coefficient (Wildman–Crippen LogP) is 2.31. The van der Waals surface area contributed by atoms with E-state index in [1.807, 2.05) is 31.2 Å². The number of hydrogen-bond donors (Lipinski definition) is 2. The van der Waals surface area contributed by atoms with E-state index in [1.165, 1.54) is 0 Å². The average molecular weight is 332 g/mol. The lowest BCUT2D eigenvalue weighted by Gasteiger charge is -2.10. The van der Waals surface area contributed by atoms with Gasteiger partial charge < -0.3 is 5.32 Å². The minimum Gasteiger partial charge on any atom is -0.325 e. The van der Waals surface area contributed by atoms with Crippen molar-refractivity contribution in [1.29, 1.82) is 0 Å². The summed E-state index contributed by atoms with van der Waals surface area (Å²) in [4.78, 5) is 11.9. The maximum absolute atomic E-state index is 12.0. The second-order valence-electron chi connectivity index (χ2n) is 5.12. The first-order valence-corrected chi connectivity index (χ1v) is 9.04. The molecule has 2 rings (SSSR count). The molecule has 122 valence electrons. The van der Waals surface area contributed by atoms with Crippen LogP contribution in [0.2, 0.25) is 0 Å². The van der Waals surface area contributed by atoms with Gasteiger partial charge in [0.15, 0.2) is 0 Å². The van der Waals surface area contributed by atoms with Crippen LogP contribution in [0.25, 0.3) is 0 Å². The summed E-state index contributed by atoms with van der Waals surface area (Å²) in [5.41, 5.74) is 2.40. The van der Waals surface area contributed by atoms with E-state index in [0.717, 1.165) is 12.0 Å². The van der Waals surface area contributed by atoms with Crippen LogP contribution in [0.1, 0.15) is 18.1 Å². The van der Waals surface area contributed by atoms with Crippen LogP contribution in [0.15, 0.2) is 54.6 Å². The highest BCUT2D eigenvalue weighted by molar-refractivity contribution is 7.88. The molecule has 0 saturated carbocycles. The van der Waals surface area contributed by atoms with Crippen molar-refractivity contribution in [3.63, 3.8) is 0 Å². The van der Waals surface area contributed by atoms with E-state index >= 15 is 0 Å². The summed E-state index contributed by atoms with van der Waals surface area (Å²) in [5.74, 6) is -0.533. The highest BCUT2D eigenvalue weighted by atomic mass is 32.2. The molecule has 0 bridgehead atoms. The minimum atomic E-state index is -3.55. The van der Waals surface area contributed by atoms with Crippen LogP contribution in [-0.2, 0) is 27.0 Å². The van der Waals surface area contributed by atoms with Gasteiger partial charge in [0.05, 0.1) is 12.3 Å². The normalized spacial score (nSPS) is 11.2. The van der Waals surface area contributed by atoms with Crippen molar-refractivity contribution in [3.8, 4) is 0 Å². The predicted molar refractivity (Wildman–Crippen MR) is 91.5 cm³/mol. The van der Waals surface area contributed by atoms with Gasteiger partial charge in [-0.2, -0.15) is 0 Å². The summed E-state index contributed by atoms with van der Waals surface area (Å²) in [6, 6.07) is 16.3. The molecule has 0 unspecified atom stereocenters. The summed E-state index contributed by atoms with van der Waals surface area (Å²) in [5, 5.41) is 2.73. The highest BCUT2D eigenvalue weighted by Crippen LogP contribution is 2.15. The van der Waals surface area contributed by atoms with E-state index < -0.39 is 10.0 Å². The SMILES string of the molecule is CCc1ccccc1NC(=O)CNS(=O)(=O)Cc1ccccc1. The lowest BCUT2D eigenvalue weighted by molar-refractivity contribution is -0.115. The van der Waals surface area contributed by atoms with E-state index in [9.17, 15) is 13.2 Å². The third-order valence-electron chi connectivity index (χ3n) is 3.32. The van der Waals surface area contributed by atoms with Gasteiger partial charge in [0.1, 0.15) is 0 Å². The number of amides is 1. The molecule has 0 fully saturated rings.